The lowest BCUT2D eigenvalue weighted by atomic mass is 10.1. The van der Waals surface area contributed by atoms with Gasteiger partial charge in [-0.2, -0.15) is 5.10 Å². The number of carbonyl (C=O) groups excluding carboxylic acids is 1. The van der Waals surface area contributed by atoms with Crippen molar-refractivity contribution in [2.24, 2.45) is 0 Å². The third-order valence-electron chi connectivity index (χ3n) is 4.10. The molecule has 11 heteroatoms. The van der Waals surface area contributed by atoms with Crippen molar-refractivity contribution in [3.8, 4) is 16.9 Å². The van der Waals surface area contributed by atoms with E-state index >= 15 is 0 Å². The van der Waals surface area contributed by atoms with E-state index in [0.29, 0.717) is 22.2 Å². The number of nitrogens with zero attached hydrogens (tertiary/aromatic N) is 3. The largest absolute Gasteiger partial charge is 0.296 e. The average molecular weight is 458 g/mol. The summed E-state index contributed by atoms with van der Waals surface area (Å²) in [5.74, 6) is -0.835. The second-order valence-corrected chi connectivity index (χ2v) is 9.18. The molecular formula is C20H16FN5O3S2. The number of halogens is 1. The molecule has 0 saturated heterocycles. The molecule has 2 heterocycles. The summed E-state index contributed by atoms with van der Waals surface area (Å²) in [6.45, 7) is 0. The maximum Gasteiger partial charge on any atom is 0.277 e. The van der Waals surface area contributed by atoms with Crippen LogP contribution in [-0.2, 0) is 10.0 Å². The minimum Gasteiger partial charge on any atom is -0.296 e. The summed E-state index contributed by atoms with van der Waals surface area (Å²) in [5, 5.41) is 9.04. The number of nitrogens with one attached hydrogen (secondary N) is 2. The van der Waals surface area contributed by atoms with Crippen LogP contribution in [0.15, 0.2) is 66.2 Å². The fraction of sp³-hybridized carbons (Fsp3) is 0.0500. The van der Waals surface area contributed by atoms with E-state index in [4.69, 9.17) is 0 Å². The summed E-state index contributed by atoms with van der Waals surface area (Å²) in [6.07, 6.45) is 2.65. The molecule has 2 aromatic carbocycles. The number of hydrogen-bond donors (Lipinski definition) is 2. The first-order valence-electron chi connectivity index (χ1n) is 8.93. The predicted molar refractivity (Wildman–Crippen MR) is 117 cm³/mol. The highest BCUT2D eigenvalue weighted by atomic mass is 32.2. The molecule has 0 radical (unpaired) electrons. The number of amides is 1. The average Bonchev–Trinajstić information content (AvgIpc) is 3.37. The Bertz CT molecular complexity index is 1350. The highest BCUT2D eigenvalue weighted by Crippen LogP contribution is 2.26. The van der Waals surface area contributed by atoms with Gasteiger partial charge in [0.25, 0.3) is 5.91 Å². The molecule has 0 spiro atoms. The van der Waals surface area contributed by atoms with Crippen molar-refractivity contribution in [1.82, 2.24) is 14.8 Å². The van der Waals surface area contributed by atoms with E-state index in [-0.39, 0.29) is 5.69 Å². The van der Waals surface area contributed by atoms with Crippen LogP contribution in [0.3, 0.4) is 0 Å². The molecule has 4 rings (SSSR count). The summed E-state index contributed by atoms with van der Waals surface area (Å²) in [5.41, 5.74) is 2.52. The molecule has 0 atom stereocenters. The minimum absolute atomic E-state index is 0.164. The Balaban J connectivity index is 1.45. The van der Waals surface area contributed by atoms with Crippen LogP contribution in [0.25, 0.3) is 16.9 Å². The van der Waals surface area contributed by atoms with Crippen molar-refractivity contribution in [3.05, 3.63) is 77.7 Å². The van der Waals surface area contributed by atoms with E-state index in [1.54, 1.807) is 48.0 Å². The molecule has 0 aliphatic heterocycles. The molecule has 0 saturated carbocycles. The van der Waals surface area contributed by atoms with Crippen LogP contribution in [0.5, 0.6) is 0 Å². The van der Waals surface area contributed by atoms with Gasteiger partial charge >= 0.3 is 0 Å². The Morgan fingerprint density at radius 1 is 1.13 bits per heavy atom. The van der Waals surface area contributed by atoms with Gasteiger partial charge in [-0.05, 0) is 36.4 Å². The summed E-state index contributed by atoms with van der Waals surface area (Å²) < 4.78 is 39.8. The summed E-state index contributed by atoms with van der Waals surface area (Å²) in [6, 6.07) is 14.1. The van der Waals surface area contributed by atoms with E-state index < -0.39 is 21.7 Å². The standard InChI is InChI=1S/C20H16FN5O3S2/c1-31(28,29)25-15-7-5-13(6-8-15)18-12-30-20(22-18)23-19(27)17-9-10-26(24-17)16-4-2-3-14(21)11-16/h2-12,25H,1H3,(H,22,23,27). The van der Waals surface area contributed by atoms with Gasteiger partial charge in [0.05, 0.1) is 17.6 Å². The van der Waals surface area contributed by atoms with Crippen LogP contribution in [0.2, 0.25) is 0 Å². The third-order valence-corrected chi connectivity index (χ3v) is 5.47. The highest BCUT2D eigenvalue weighted by molar-refractivity contribution is 7.92. The lowest BCUT2D eigenvalue weighted by Crippen LogP contribution is -2.13. The first-order valence-corrected chi connectivity index (χ1v) is 11.7. The maximum atomic E-state index is 13.4. The topological polar surface area (TPSA) is 106 Å². The molecule has 8 nitrogen and oxygen atoms in total. The van der Waals surface area contributed by atoms with Crippen molar-refractivity contribution in [1.29, 1.82) is 0 Å². The van der Waals surface area contributed by atoms with Crippen LogP contribution in [0.1, 0.15) is 10.5 Å². The molecule has 0 unspecified atom stereocenters. The lowest BCUT2D eigenvalue weighted by Gasteiger charge is -2.04. The van der Waals surface area contributed by atoms with Crippen LogP contribution < -0.4 is 10.0 Å². The van der Waals surface area contributed by atoms with Gasteiger partial charge < -0.3 is 0 Å². The first kappa shape index (κ1) is 20.7. The fourth-order valence-electron chi connectivity index (χ4n) is 2.76. The van der Waals surface area contributed by atoms with Crippen molar-refractivity contribution < 1.29 is 17.6 Å². The third kappa shape index (κ3) is 5.13. The van der Waals surface area contributed by atoms with Gasteiger partial charge in [-0.1, -0.05) is 18.2 Å². The molecule has 0 aliphatic rings. The molecule has 0 bridgehead atoms. The Morgan fingerprint density at radius 3 is 2.61 bits per heavy atom. The Morgan fingerprint density at radius 2 is 1.90 bits per heavy atom. The number of anilines is 2. The molecular weight excluding hydrogens is 441 g/mol. The molecule has 0 fully saturated rings. The Labute approximate surface area is 181 Å². The summed E-state index contributed by atoms with van der Waals surface area (Å²) in [7, 11) is -3.35. The predicted octanol–water partition coefficient (Wildman–Crippen LogP) is 3.76. The second-order valence-electron chi connectivity index (χ2n) is 6.57. The smallest absolute Gasteiger partial charge is 0.277 e. The van der Waals surface area contributed by atoms with Gasteiger partial charge in [0.2, 0.25) is 10.0 Å². The number of benzene rings is 2. The van der Waals surface area contributed by atoms with Crippen molar-refractivity contribution in [2.45, 2.75) is 0 Å². The van der Waals surface area contributed by atoms with E-state index in [0.717, 1.165) is 11.8 Å². The molecule has 4 aromatic rings. The molecule has 1 amide bonds. The molecule has 31 heavy (non-hydrogen) atoms. The van der Waals surface area contributed by atoms with Gasteiger partial charge in [0, 0.05) is 22.8 Å². The first-order chi connectivity index (χ1) is 14.8. The number of thiazole rings is 1. The SMILES string of the molecule is CS(=O)(=O)Nc1ccc(-c2csc(NC(=O)c3ccn(-c4cccc(F)c4)n3)n2)cc1. The second kappa shape index (κ2) is 8.28. The van der Waals surface area contributed by atoms with Gasteiger partial charge in [0.1, 0.15) is 5.82 Å². The molecule has 2 aromatic heterocycles. The Kier molecular flexibility index (Phi) is 5.53. The van der Waals surface area contributed by atoms with Gasteiger partial charge in [-0.25, -0.2) is 22.5 Å². The molecule has 158 valence electrons. The van der Waals surface area contributed by atoms with Crippen LogP contribution >= 0.6 is 11.3 Å². The quantitative estimate of drug-likeness (QED) is 0.459. The number of carbonyl (C=O) groups is 1. The fourth-order valence-corrected chi connectivity index (χ4v) is 4.03. The zero-order valence-corrected chi connectivity index (χ0v) is 17.7. The number of sulfonamides is 1. The van der Waals surface area contributed by atoms with Crippen LogP contribution in [0, 0.1) is 5.82 Å². The zero-order valence-electron chi connectivity index (χ0n) is 16.1. The zero-order chi connectivity index (χ0) is 22.0. The van der Waals surface area contributed by atoms with Gasteiger partial charge in [-0.3, -0.25) is 14.8 Å². The maximum absolute atomic E-state index is 13.4. The number of rotatable bonds is 6. The van der Waals surface area contributed by atoms with E-state index in [9.17, 15) is 17.6 Å². The lowest BCUT2D eigenvalue weighted by molar-refractivity contribution is 0.102. The summed E-state index contributed by atoms with van der Waals surface area (Å²) >= 11 is 1.25. The van der Waals surface area contributed by atoms with Gasteiger partial charge in [0.15, 0.2) is 10.8 Å². The van der Waals surface area contributed by atoms with Crippen molar-refractivity contribution in [2.75, 3.05) is 16.3 Å². The number of hydrogen-bond acceptors (Lipinski definition) is 6. The molecule has 0 aliphatic carbocycles. The Hall–Kier alpha value is -3.57. The van der Waals surface area contributed by atoms with Crippen LogP contribution in [-0.4, -0.2) is 35.3 Å². The number of aromatic nitrogens is 3. The van der Waals surface area contributed by atoms with Crippen molar-refractivity contribution in [3.63, 3.8) is 0 Å². The normalized spacial score (nSPS) is 11.3. The van der Waals surface area contributed by atoms with Crippen molar-refractivity contribution >= 4 is 38.1 Å². The molecule has 2 N–H and O–H groups in total. The highest BCUT2D eigenvalue weighted by Gasteiger charge is 2.14. The van der Waals surface area contributed by atoms with E-state index in [2.05, 4.69) is 20.1 Å². The monoisotopic (exact) mass is 457 g/mol. The minimum atomic E-state index is -3.35. The summed E-state index contributed by atoms with van der Waals surface area (Å²) in [4.78, 5) is 16.9. The van der Waals surface area contributed by atoms with Crippen LogP contribution in [0.4, 0.5) is 15.2 Å². The van der Waals surface area contributed by atoms with E-state index in [1.807, 2.05) is 0 Å². The van der Waals surface area contributed by atoms with Gasteiger partial charge in [-0.15, -0.1) is 11.3 Å². The van der Waals surface area contributed by atoms with E-state index in [1.165, 1.54) is 34.2 Å².